The molecule has 1 aromatic carbocycles. The molecule has 7 nitrogen and oxygen atoms in total. The normalized spacial score (nSPS) is 18.0. The summed E-state index contributed by atoms with van der Waals surface area (Å²) in [7, 11) is 0. The number of amides is 1. The number of rotatable bonds is 4. The number of carbonyl (C=O) groups is 1. The third-order valence-electron chi connectivity index (χ3n) is 3.55. The summed E-state index contributed by atoms with van der Waals surface area (Å²) in [5.74, 6) is 0.171. The molecule has 0 bridgehead atoms. The molecule has 0 saturated carbocycles. The molecule has 0 spiro atoms. The Morgan fingerprint density at radius 1 is 1.38 bits per heavy atom. The van der Waals surface area contributed by atoms with E-state index in [2.05, 4.69) is 20.0 Å². The van der Waals surface area contributed by atoms with Gasteiger partial charge in [-0.1, -0.05) is 17.2 Å². The van der Waals surface area contributed by atoms with Crippen LogP contribution >= 0.6 is 0 Å². The van der Waals surface area contributed by atoms with Crippen LogP contribution in [0.25, 0.3) is 21.5 Å². The summed E-state index contributed by atoms with van der Waals surface area (Å²) < 4.78 is 0. The highest BCUT2D eigenvalue weighted by atomic mass is 16.2. The third kappa shape index (κ3) is 2.93. The minimum absolute atomic E-state index is 0.0723. The van der Waals surface area contributed by atoms with Gasteiger partial charge in [0.2, 0.25) is 5.91 Å². The Bertz CT molecular complexity index is 724. The Kier molecular flexibility index (Phi) is 3.66. The predicted molar refractivity (Wildman–Crippen MR) is 77.1 cm³/mol. The molecule has 1 unspecified atom stereocenters. The summed E-state index contributed by atoms with van der Waals surface area (Å²) in [6, 6.07) is 7.64. The van der Waals surface area contributed by atoms with Crippen molar-refractivity contribution in [3.05, 3.63) is 46.6 Å². The second-order valence-electron chi connectivity index (χ2n) is 5.11. The number of aromatic nitrogens is 2. The van der Waals surface area contributed by atoms with Gasteiger partial charge in [0.1, 0.15) is 0 Å². The summed E-state index contributed by atoms with van der Waals surface area (Å²) in [5.41, 5.74) is 10.8. The van der Waals surface area contributed by atoms with Gasteiger partial charge < -0.3 is 4.90 Å². The highest BCUT2D eigenvalue weighted by Gasteiger charge is 2.29. The maximum atomic E-state index is 12.0. The van der Waals surface area contributed by atoms with E-state index in [9.17, 15) is 4.79 Å². The van der Waals surface area contributed by atoms with Gasteiger partial charge in [-0.3, -0.25) is 9.78 Å². The van der Waals surface area contributed by atoms with E-state index in [0.717, 1.165) is 16.7 Å². The van der Waals surface area contributed by atoms with E-state index < -0.39 is 0 Å². The molecule has 1 aliphatic heterocycles. The lowest BCUT2D eigenvalue weighted by Crippen LogP contribution is -2.25. The van der Waals surface area contributed by atoms with Gasteiger partial charge in [-0.2, -0.15) is 0 Å². The van der Waals surface area contributed by atoms with E-state index in [0.29, 0.717) is 26.1 Å². The molecule has 1 atom stereocenters. The first-order valence-electron chi connectivity index (χ1n) is 6.75. The maximum absolute atomic E-state index is 12.0. The van der Waals surface area contributed by atoms with Gasteiger partial charge in [0.25, 0.3) is 0 Å². The Morgan fingerprint density at radius 2 is 2.19 bits per heavy atom. The second-order valence-corrected chi connectivity index (χ2v) is 5.11. The van der Waals surface area contributed by atoms with Crippen LogP contribution in [0.4, 0.5) is 0 Å². The van der Waals surface area contributed by atoms with Crippen molar-refractivity contribution in [2.75, 3.05) is 13.1 Å². The van der Waals surface area contributed by atoms with Gasteiger partial charge in [-0.05, 0) is 23.6 Å². The van der Waals surface area contributed by atoms with Crippen LogP contribution in [-0.4, -0.2) is 33.9 Å². The van der Waals surface area contributed by atoms with Crippen LogP contribution in [0.1, 0.15) is 12.1 Å². The topological polar surface area (TPSA) is 94.9 Å². The quantitative estimate of drug-likeness (QED) is 0.489. The van der Waals surface area contributed by atoms with Gasteiger partial charge in [0.05, 0.1) is 29.5 Å². The Balaban J connectivity index is 1.73. The van der Waals surface area contributed by atoms with Gasteiger partial charge in [-0.25, -0.2) is 4.98 Å². The number of likely N-dealkylation sites (tertiary alicyclic amines) is 1. The van der Waals surface area contributed by atoms with Gasteiger partial charge in [-0.15, -0.1) is 0 Å². The van der Waals surface area contributed by atoms with E-state index >= 15 is 0 Å². The number of para-hydroxylation sites is 2. The van der Waals surface area contributed by atoms with Crippen LogP contribution in [0.2, 0.25) is 0 Å². The third-order valence-corrected chi connectivity index (χ3v) is 3.55. The number of carbonyl (C=O) groups excluding carboxylic acids is 1. The van der Waals surface area contributed by atoms with E-state index in [1.807, 2.05) is 24.3 Å². The summed E-state index contributed by atoms with van der Waals surface area (Å²) in [6.45, 7) is 1.41. The first-order valence-corrected chi connectivity index (χ1v) is 6.75. The standard InChI is InChI=1S/C14H14N6O/c15-19-17-6-10-5-14(21)20(8-10)9-11-7-16-12-3-1-2-4-13(12)18-11/h1-4,7,10H,5-6,8-9H2. The average molecular weight is 282 g/mol. The number of fused-ring (bicyclic) bond motifs is 1. The molecule has 1 aliphatic rings. The minimum Gasteiger partial charge on any atom is -0.336 e. The van der Waals surface area contributed by atoms with Crippen LogP contribution in [0.3, 0.4) is 0 Å². The number of nitrogens with zero attached hydrogens (tertiary/aromatic N) is 6. The lowest BCUT2D eigenvalue weighted by Gasteiger charge is -2.15. The Morgan fingerprint density at radius 3 is 3.00 bits per heavy atom. The minimum atomic E-state index is 0.0723. The molecule has 106 valence electrons. The molecular weight excluding hydrogens is 268 g/mol. The number of hydrogen-bond acceptors (Lipinski definition) is 4. The number of hydrogen-bond donors (Lipinski definition) is 0. The Labute approximate surface area is 121 Å². The molecule has 1 amide bonds. The highest BCUT2D eigenvalue weighted by Crippen LogP contribution is 2.20. The second kappa shape index (κ2) is 5.76. The van der Waals surface area contributed by atoms with Crippen molar-refractivity contribution in [1.82, 2.24) is 14.9 Å². The molecular formula is C14H14N6O. The smallest absolute Gasteiger partial charge is 0.223 e. The van der Waals surface area contributed by atoms with Crippen molar-refractivity contribution in [3.8, 4) is 0 Å². The molecule has 1 fully saturated rings. The molecule has 1 aromatic heterocycles. The Hall–Kier alpha value is -2.66. The number of benzene rings is 1. The highest BCUT2D eigenvalue weighted by molar-refractivity contribution is 5.78. The first kappa shape index (κ1) is 13.3. The zero-order valence-corrected chi connectivity index (χ0v) is 11.4. The lowest BCUT2D eigenvalue weighted by molar-refractivity contribution is -0.128. The van der Waals surface area contributed by atoms with E-state index in [1.54, 1.807) is 11.1 Å². The molecule has 7 heteroatoms. The van der Waals surface area contributed by atoms with E-state index in [4.69, 9.17) is 5.53 Å². The largest absolute Gasteiger partial charge is 0.336 e. The summed E-state index contributed by atoms with van der Waals surface area (Å²) in [6.07, 6.45) is 2.14. The molecule has 2 aromatic rings. The zero-order chi connectivity index (χ0) is 14.7. The monoisotopic (exact) mass is 282 g/mol. The van der Waals surface area contributed by atoms with Crippen molar-refractivity contribution in [1.29, 1.82) is 0 Å². The fourth-order valence-electron chi connectivity index (χ4n) is 2.55. The fourth-order valence-corrected chi connectivity index (χ4v) is 2.55. The molecule has 21 heavy (non-hydrogen) atoms. The molecule has 1 saturated heterocycles. The zero-order valence-electron chi connectivity index (χ0n) is 11.4. The van der Waals surface area contributed by atoms with E-state index in [-0.39, 0.29) is 11.8 Å². The molecule has 2 heterocycles. The van der Waals surface area contributed by atoms with Gasteiger partial charge in [0, 0.05) is 24.4 Å². The van der Waals surface area contributed by atoms with Crippen molar-refractivity contribution >= 4 is 16.9 Å². The van der Waals surface area contributed by atoms with Gasteiger partial charge >= 0.3 is 0 Å². The van der Waals surface area contributed by atoms with Crippen molar-refractivity contribution in [2.24, 2.45) is 11.0 Å². The molecule has 0 aliphatic carbocycles. The predicted octanol–water partition coefficient (Wildman–Crippen LogP) is 2.29. The molecule has 0 N–H and O–H groups in total. The first-order chi connectivity index (χ1) is 10.3. The lowest BCUT2D eigenvalue weighted by atomic mass is 10.1. The van der Waals surface area contributed by atoms with E-state index in [1.165, 1.54) is 0 Å². The van der Waals surface area contributed by atoms with Crippen LogP contribution in [0.15, 0.2) is 35.6 Å². The number of azide groups is 1. The van der Waals surface area contributed by atoms with Crippen LogP contribution in [0.5, 0.6) is 0 Å². The SMILES string of the molecule is [N-]=[N+]=NCC1CC(=O)N(Cc2cnc3ccccc3n2)C1. The van der Waals surface area contributed by atoms with Gasteiger partial charge in [0.15, 0.2) is 0 Å². The van der Waals surface area contributed by atoms with Crippen LogP contribution in [-0.2, 0) is 11.3 Å². The van der Waals surface area contributed by atoms with Crippen molar-refractivity contribution in [3.63, 3.8) is 0 Å². The average Bonchev–Trinajstić information content (AvgIpc) is 2.85. The van der Waals surface area contributed by atoms with Crippen molar-refractivity contribution < 1.29 is 4.79 Å². The summed E-state index contributed by atoms with van der Waals surface area (Å²) in [4.78, 5) is 25.3. The maximum Gasteiger partial charge on any atom is 0.223 e. The molecule has 3 rings (SSSR count). The van der Waals surface area contributed by atoms with Crippen LogP contribution < -0.4 is 0 Å². The van der Waals surface area contributed by atoms with Crippen LogP contribution in [0, 0.1) is 5.92 Å². The molecule has 0 radical (unpaired) electrons. The fraction of sp³-hybridized carbons (Fsp3) is 0.357. The summed E-state index contributed by atoms with van der Waals surface area (Å²) in [5, 5.41) is 3.54. The van der Waals surface area contributed by atoms with Crippen molar-refractivity contribution in [2.45, 2.75) is 13.0 Å². The summed E-state index contributed by atoms with van der Waals surface area (Å²) >= 11 is 0.